The molecule has 0 fully saturated rings. The number of rotatable bonds is 4. The molecule has 0 saturated heterocycles. The molecule has 0 aliphatic rings. The third-order valence-electron chi connectivity index (χ3n) is 2.69. The molecule has 0 radical (unpaired) electrons. The summed E-state index contributed by atoms with van der Waals surface area (Å²) in [5, 5.41) is 3.80. The summed E-state index contributed by atoms with van der Waals surface area (Å²) >= 11 is 0. The maximum Gasteiger partial charge on any atom is 0.322 e. The van der Waals surface area contributed by atoms with Gasteiger partial charge in [-0.2, -0.15) is 17.8 Å². The monoisotopic (exact) mass is 283 g/mol. The van der Waals surface area contributed by atoms with E-state index >= 15 is 0 Å². The maximum absolute atomic E-state index is 13.6. The lowest BCUT2D eigenvalue weighted by Crippen LogP contribution is -2.31. The lowest BCUT2D eigenvalue weighted by Gasteiger charge is -2.13. The molecule has 7 heteroatoms. The first-order chi connectivity index (χ1) is 8.93. The summed E-state index contributed by atoms with van der Waals surface area (Å²) in [6, 6.07) is 7.82. The predicted molar refractivity (Wildman–Crippen MR) is 69.4 cm³/mol. The van der Waals surface area contributed by atoms with Gasteiger partial charge < -0.3 is 0 Å². The van der Waals surface area contributed by atoms with Crippen molar-refractivity contribution in [2.24, 2.45) is 0 Å². The fourth-order valence-electron chi connectivity index (χ4n) is 1.64. The SMILES string of the molecule is CN(C)S(=O)(=O)n1nccc1Cc1ccccc1F. The molecule has 0 spiro atoms. The molecule has 1 aromatic heterocycles. The fourth-order valence-corrected chi connectivity index (χ4v) is 2.55. The molecule has 0 saturated carbocycles. The zero-order chi connectivity index (χ0) is 14.0. The van der Waals surface area contributed by atoms with Crippen LogP contribution in [0.15, 0.2) is 36.5 Å². The van der Waals surface area contributed by atoms with Gasteiger partial charge in [-0.15, -0.1) is 4.09 Å². The third-order valence-corrected chi connectivity index (χ3v) is 4.38. The van der Waals surface area contributed by atoms with Crippen molar-refractivity contribution in [1.29, 1.82) is 0 Å². The van der Waals surface area contributed by atoms with E-state index in [1.165, 1.54) is 26.4 Å². The van der Waals surface area contributed by atoms with Crippen LogP contribution in [0.5, 0.6) is 0 Å². The molecule has 0 aliphatic carbocycles. The lowest BCUT2D eigenvalue weighted by molar-refractivity contribution is 0.501. The van der Waals surface area contributed by atoms with Crippen LogP contribution in [0.1, 0.15) is 11.3 Å². The first-order valence-corrected chi connectivity index (χ1v) is 7.02. The van der Waals surface area contributed by atoms with E-state index in [1.54, 1.807) is 24.3 Å². The van der Waals surface area contributed by atoms with Crippen molar-refractivity contribution in [3.63, 3.8) is 0 Å². The summed E-state index contributed by atoms with van der Waals surface area (Å²) in [6.07, 6.45) is 1.55. The van der Waals surface area contributed by atoms with Crippen LogP contribution in [0.4, 0.5) is 4.39 Å². The summed E-state index contributed by atoms with van der Waals surface area (Å²) < 4.78 is 39.6. The van der Waals surface area contributed by atoms with E-state index in [0.717, 1.165) is 8.39 Å². The van der Waals surface area contributed by atoms with Gasteiger partial charge in [0, 0.05) is 20.5 Å². The first-order valence-electron chi connectivity index (χ1n) is 5.62. The highest BCUT2D eigenvalue weighted by Gasteiger charge is 2.20. The van der Waals surface area contributed by atoms with Gasteiger partial charge in [0.25, 0.3) is 0 Å². The first kappa shape index (κ1) is 13.7. The quantitative estimate of drug-likeness (QED) is 0.849. The largest absolute Gasteiger partial charge is 0.322 e. The molecule has 2 aromatic rings. The minimum Gasteiger partial charge on any atom is -0.207 e. The molecule has 0 amide bonds. The number of benzene rings is 1. The second kappa shape index (κ2) is 5.10. The van der Waals surface area contributed by atoms with Gasteiger partial charge in [0.15, 0.2) is 0 Å². The molecule has 2 rings (SSSR count). The van der Waals surface area contributed by atoms with Gasteiger partial charge in [-0.1, -0.05) is 18.2 Å². The Labute approximate surface area is 111 Å². The average molecular weight is 283 g/mol. The van der Waals surface area contributed by atoms with E-state index in [9.17, 15) is 12.8 Å². The predicted octanol–water partition coefficient (Wildman–Crippen LogP) is 1.27. The Morgan fingerprint density at radius 2 is 1.95 bits per heavy atom. The second-order valence-electron chi connectivity index (χ2n) is 4.22. The Morgan fingerprint density at radius 1 is 1.26 bits per heavy atom. The Hall–Kier alpha value is -1.73. The normalized spacial score (nSPS) is 12.0. The van der Waals surface area contributed by atoms with E-state index in [0.29, 0.717) is 11.3 Å². The lowest BCUT2D eigenvalue weighted by atomic mass is 10.1. The van der Waals surface area contributed by atoms with Crippen molar-refractivity contribution < 1.29 is 12.8 Å². The Kier molecular flexibility index (Phi) is 3.68. The summed E-state index contributed by atoms with van der Waals surface area (Å²) in [5.41, 5.74) is 0.844. The molecule has 0 bridgehead atoms. The molecule has 102 valence electrons. The minimum atomic E-state index is -3.68. The van der Waals surface area contributed by atoms with Crippen molar-refractivity contribution in [2.45, 2.75) is 6.42 Å². The summed E-state index contributed by atoms with van der Waals surface area (Å²) in [4.78, 5) is 0. The smallest absolute Gasteiger partial charge is 0.207 e. The van der Waals surface area contributed by atoms with Crippen LogP contribution >= 0.6 is 0 Å². The Morgan fingerprint density at radius 3 is 2.58 bits per heavy atom. The minimum absolute atomic E-state index is 0.166. The van der Waals surface area contributed by atoms with E-state index < -0.39 is 10.2 Å². The van der Waals surface area contributed by atoms with Crippen LogP contribution in [-0.2, 0) is 16.6 Å². The Bertz CT molecular complexity index is 680. The van der Waals surface area contributed by atoms with Crippen LogP contribution in [0, 0.1) is 5.82 Å². The third kappa shape index (κ3) is 2.66. The van der Waals surface area contributed by atoms with Gasteiger partial charge in [-0.05, 0) is 17.7 Å². The average Bonchev–Trinajstić information content (AvgIpc) is 2.80. The van der Waals surface area contributed by atoms with Crippen molar-refractivity contribution >= 4 is 10.2 Å². The van der Waals surface area contributed by atoms with Crippen LogP contribution < -0.4 is 0 Å². The van der Waals surface area contributed by atoms with Gasteiger partial charge in [0.05, 0.1) is 11.9 Å². The van der Waals surface area contributed by atoms with Gasteiger partial charge >= 0.3 is 10.2 Å². The summed E-state index contributed by atoms with van der Waals surface area (Å²) in [6.45, 7) is 0. The molecule has 1 heterocycles. The molecule has 0 unspecified atom stereocenters. The molecule has 0 aliphatic heterocycles. The van der Waals surface area contributed by atoms with E-state index in [1.807, 2.05) is 0 Å². The molecular formula is C12H14FN3O2S. The number of halogens is 1. The standard InChI is InChI=1S/C12H14FN3O2S/c1-15(2)19(17,18)16-11(7-8-14-16)9-10-5-3-4-6-12(10)13/h3-8H,9H2,1-2H3. The molecule has 19 heavy (non-hydrogen) atoms. The van der Waals surface area contributed by atoms with E-state index in [2.05, 4.69) is 5.10 Å². The topological polar surface area (TPSA) is 55.2 Å². The van der Waals surface area contributed by atoms with Crippen molar-refractivity contribution in [2.75, 3.05) is 14.1 Å². The summed E-state index contributed by atoms with van der Waals surface area (Å²) in [5.74, 6) is -0.363. The molecule has 0 atom stereocenters. The number of hydrogen-bond donors (Lipinski definition) is 0. The highest BCUT2D eigenvalue weighted by atomic mass is 32.2. The number of hydrogen-bond acceptors (Lipinski definition) is 3. The Balaban J connectivity index is 2.39. The van der Waals surface area contributed by atoms with E-state index in [4.69, 9.17) is 0 Å². The zero-order valence-corrected chi connectivity index (χ0v) is 11.4. The van der Waals surface area contributed by atoms with Gasteiger partial charge in [0.1, 0.15) is 5.82 Å². The van der Waals surface area contributed by atoms with Crippen molar-refractivity contribution in [3.8, 4) is 0 Å². The number of aromatic nitrogens is 2. The fraction of sp³-hybridized carbons (Fsp3) is 0.250. The van der Waals surface area contributed by atoms with Crippen LogP contribution in [0.2, 0.25) is 0 Å². The van der Waals surface area contributed by atoms with Crippen molar-refractivity contribution in [3.05, 3.63) is 53.6 Å². The molecule has 5 nitrogen and oxygen atoms in total. The zero-order valence-electron chi connectivity index (χ0n) is 10.6. The van der Waals surface area contributed by atoms with Crippen LogP contribution in [0.3, 0.4) is 0 Å². The highest BCUT2D eigenvalue weighted by molar-refractivity contribution is 7.87. The highest BCUT2D eigenvalue weighted by Crippen LogP contribution is 2.14. The number of nitrogens with zero attached hydrogens (tertiary/aromatic N) is 3. The maximum atomic E-state index is 13.6. The van der Waals surface area contributed by atoms with Crippen molar-refractivity contribution in [1.82, 2.24) is 13.5 Å². The van der Waals surface area contributed by atoms with Gasteiger partial charge in [0.2, 0.25) is 0 Å². The summed E-state index contributed by atoms with van der Waals surface area (Å²) in [7, 11) is -0.840. The van der Waals surface area contributed by atoms with Crippen LogP contribution in [-0.4, -0.2) is 36.0 Å². The molecule has 0 N–H and O–H groups in total. The van der Waals surface area contributed by atoms with Gasteiger partial charge in [-0.3, -0.25) is 0 Å². The van der Waals surface area contributed by atoms with Crippen LogP contribution in [0.25, 0.3) is 0 Å². The van der Waals surface area contributed by atoms with Gasteiger partial charge in [-0.25, -0.2) is 4.39 Å². The molecule has 1 aromatic carbocycles. The van der Waals surface area contributed by atoms with E-state index in [-0.39, 0.29) is 12.2 Å². The second-order valence-corrected chi connectivity index (χ2v) is 6.20. The molecular weight excluding hydrogens is 269 g/mol.